The van der Waals surface area contributed by atoms with Crippen molar-refractivity contribution in [2.75, 3.05) is 5.32 Å². The highest BCUT2D eigenvalue weighted by Gasteiger charge is 2.26. The van der Waals surface area contributed by atoms with E-state index < -0.39 is 0 Å². The lowest BCUT2D eigenvalue weighted by Crippen LogP contribution is -2.31. The number of para-hydroxylation sites is 2. The molecule has 5 nitrogen and oxygen atoms in total. The minimum Gasteiger partial charge on any atom is -0.370 e. The van der Waals surface area contributed by atoms with Gasteiger partial charge in [0.05, 0.1) is 15.9 Å². The van der Waals surface area contributed by atoms with Gasteiger partial charge in [-0.1, -0.05) is 24.3 Å². The second-order valence-corrected chi connectivity index (χ2v) is 7.13. The predicted molar refractivity (Wildman–Crippen MR) is 103 cm³/mol. The van der Waals surface area contributed by atoms with Crippen molar-refractivity contribution in [1.29, 1.82) is 0 Å². The highest BCUT2D eigenvalue weighted by Crippen LogP contribution is 2.38. The molecule has 7 heteroatoms. The molecule has 0 fully saturated rings. The molecule has 0 saturated carbocycles. The van der Waals surface area contributed by atoms with Gasteiger partial charge in [-0.3, -0.25) is 9.88 Å². The van der Waals surface area contributed by atoms with Gasteiger partial charge in [-0.2, -0.15) is 0 Å². The summed E-state index contributed by atoms with van der Waals surface area (Å²) < 4.78 is 15.6. The van der Waals surface area contributed by atoms with Crippen molar-refractivity contribution in [3.63, 3.8) is 0 Å². The molecule has 0 saturated heterocycles. The molecule has 5 rings (SSSR count). The van der Waals surface area contributed by atoms with E-state index in [1.165, 1.54) is 12.1 Å². The van der Waals surface area contributed by atoms with Crippen molar-refractivity contribution in [2.24, 2.45) is 10.7 Å². The van der Waals surface area contributed by atoms with Crippen LogP contribution in [0.15, 0.2) is 65.7 Å². The Hall–Kier alpha value is -3.19. The Morgan fingerprint density at radius 3 is 2.85 bits per heavy atom. The molecule has 2 aromatic heterocycles. The van der Waals surface area contributed by atoms with Gasteiger partial charge in [0.2, 0.25) is 5.95 Å². The molecule has 1 aliphatic heterocycles. The number of halogens is 1. The van der Waals surface area contributed by atoms with Crippen LogP contribution < -0.4 is 11.1 Å². The van der Waals surface area contributed by atoms with Crippen LogP contribution in [-0.4, -0.2) is 15.5 Å². The minimum atomic E-state index is -0.300. The number of imidazole rings is 1. The number of rotatable bonds is 2. The van der Waals surface area contributed by atoms with Crippen LogP contribution in [0.1, 0.15) is 11.0 Å². The Kier molecular flexibility index (Phi) is 3.29. The van der Waals surface area contributed by atoms with Gasteiger partial charge >= 0.3 is 0 Å². The summed E-state index contributed by atoms with van der Waals surface area (Å²) in [6.45, 7) is 0. The first-order chi connectivity index (χ1) is 12.7. The number of thiophene rings is 1. The van der Waals surface area contributed by atoms with Gasteiger partial charge in [0.1, 0.15) is 5.82 Å². The molecule has 128 valence electrons. The molecule has 0 unspecified atom stereocenters. The molecule has 0 aliphatic carbocycles. The fourth-order valence-corrected chi connectivity index (χ4v) is 4.23. The van der Waals surface area contributed by atoms with E-state index in [1.807, 2.05) is 47.0 Å². The number of nitrogens with one attached hydrogen (secondary N) is 1. The van der Waals surface area contributed by atoms with Crippen LogP contribution in [0.2, 0.25) is 0 Å². The van der Waals surface area contributed by atoms with Gasteiger partial charge < -0.3 is 5.73 Å². The zero-order valence-corrected chi connectivity index (χ0v) is 14.4. The molecular formula is C19H14FN5S. The number of aliphatic imine (C=N–C) groups is 1. The quantitative estimate of drug-likeness (QED) is 0.561. The summed E-state index contributed by atoms with van der Waals surface area (Å²) >= 11 is 1.57. The lowest BCUT2D eigenvalue weighted by Gasteiger charge is -2.22. The second-order valence-electron chi connectivity index (χ2n) is 6.02. The minimum absolute atomic E-state index is 0.246. The average Bonchev–Trinajstić information content (AvgIpc) is 3.25. The van der Waals surface area contributed by atoms with Crippen LogP contribution in [0, 0.1) is 5.82 Å². The Bertz CT molecular complexity index is 1160. The van der Waals surface area contributed by atoms with Crippen LogP contribution >= 0.6 is 11.3 Å². The van der Waals surface area contributed by atoms with E-state index in [0.717, 1.165) is 26.4 Å². The third-order valence-corrected chi connectivity index (χ3v) is 5.51. The number of guanidine groups is 1. The first kappa shape index (κ1) is 15.1. The van der Waals surface area contributed by atoms with E-state index >= 15 is 0 Å². The number of fused-ring (bicyclic) bond motifs is 3. The summed E-state index contributed by atoms with van der Waals surface area (Å²) in [4.78, 5) is 11.2. The normalized spacial score (nSPS) is 16.2. The van der Waals surface area contributed by atoms with Crippen LogP contribution in [0.3, 0.4) is 0 Å². The summed E-state index contributed by atoms with van der Waals surface area (Å²) in [6, 6.07) is 18.5. The van der Waals surface area contributed by atoms with Crippen LogP contribution in [-0.2, 0) is 0 Å². The molecule has 4 aromatic rings. The van der Waals surface area contributed by atoms with Crippen molar-refractivity contribution >= 4 is 34.3 Å². The lowest BCUT2D eigenvalue weighted by molar-refractivity contribution is 0.628. The maximum Gasteiger partial charge on any atom is 0.212 e. The van der Waals surface area contributed by atoms with Crippen molar-refractivity contribution in [1.82, 2.24) is 9.55 Å². The van der Waals surface area contributed by atoms with Gasteiger partial charge in [0, 0.05) is 4.88 Å². The highest BCUT2D eigenvalue weighted by atomic mass is 32.1. The van der Waals surface area contributed by atoms with Crippen LogP contribution in [0.5, 0.6) is 0 Å². The molecule has 0 spiro atoms. The van der Waals surface area contributed by atoms with E-state index in [9.17, 15) is 4.39 Å². The molecule has 1 atom stereocenters. The zero-order valence-electron chi connectivity index (χ0n) is 13.6. The average molecular weight is 363 g/mol. The largest absolute Gasteiger partial charge is 0.370 e. The third kappa shape index (κ3) is 2.36. The molecule has 3 N–H and O–H groups in total. The highest BCUT2D eigenvalue weighted by molar-refractivity contribution is 7.15. The van der Waals surface area contributed by atoms with E-state index in [4.69, 9.17) is 5.73 Å². The van der Waals surface area contributed by atoms with E-state index in [0.29, 0.717) is 11.9 Å². The van der Waals surface area contributed by atoms with Crippen LogP contribution in [0.25, 0.3) is 21.5 Å². The van der Waals surface area contributed by atoms with Crippen LogP contribution in [0.4, 0.5) is 10.3 Å². The predicted octanol–water partition coefficient (Wildman–Crippen LogP) is 4.19. The van der Waals surface area contributed by atoms with E-state index in [-0.39, 0.29) is 12.0 Å². The van der Waals surface area contributed by atoms with Gasteiger partial charge in [0.25, 0.3) is 0 Å². The third-order valence-electron chi connectivity index (χ3n) is 4.33. The van der Waals surface area contributed by atoms with Gasteiger partial charge in [0.15, 0.2) is 12.1 Å². The molecular weight excluding hydrogens is 349 g/mol. The van der Waals surface area contributed by atoms with Gasteiger partial charge in [-0.15, -0.1) is 11.3 Å². The molecule has 1 aliphatic rings. The summed E-state index contributed by atoms with van der Waals surface area (Å²) in [5.74, 6) is 0.757. The molecule has 26 heavy (non-hydrogen) atoms. The van der Waals surface area contributed by atoms with Gasteiger partial charge in [-0.05, 0) is 42.0 Å². The molecule has 0 amide bonds. The van der Waals surface area contributed by atoms with E-state index in [1.54, 1.807) is 17.4 Å². The number of hydrogen-bond donors (Lipinski definition) is 2. The smallest absolute Gasteiger partial charge is 0.212 e. The Balaban J connectivity index is 1.64. The standard InChI is InChI=1S/C19H14FN5S/c20-12-5-3-4-11(10-12)15-8-9-16(26-15)17-23-18(21)24-19-22-13-6-1-2-7-14(13)25(17)19/h1-10,17H,(H3,21,22,23,24)/t17-/m1/s1. The first-order valence-electron chi connectivity index (χ1n) is 8.12. The number of benzene rings is 2. The van der Waals surface area contributed by atoms with Crippen molar-refractivity contribution in [3.05, 3.63) is 71.4 Å². The number of anilines is 1. The topological polar surface area (TPSA) is 68.2 Å². The first-order valence-corrected chi connectivity index (χ1v) is 8.93. The lowest BCUT2D eigenvalue weighted by atomic mass is 10.2. The molecule has 0 radical (unpaired) electrons. The summed E-state index contributed by atoms with van der Waals surface area (Å²) in [6.07, 6.45) is -0.300. The Morgan fingerprint density at radius 2 is 1.96 bits per heavy atom. The number of nitrogens with two attached hydrogens (primary N) is 1. The second kappa shape index (κ2) is 5.67. The van der Waals surface area contributed by atoms with Crippen molar-refractivity contribution < 1.29 is 4.39 Å². The summed E-state index contributed by atoms with van der Waals surface area (Å²) in [5, 5.41) is 3.03. The number of hydrogen-bond acceptors (Lipinski definition) is 5. The van der Waals surface area contributed by atoms with Crippen molar-refractivity contribution in [2.45, 2.75) is 6.17 Å². The summed E-state index contributed by atoms with van der Waals surface area (Å²) in [7, 11) is 0. The Morgan fingerprint density at radius 1 is 1.08 bits per heavy atom. The molecule has 3 heterocycles. The van der Waals surface area contributed by atoms with Gasteiger partial charge in [-0.25, -0.2) is 14.4 Å². The fourth-order valence-electron chi connectivity index (χ4n) is 3.20. The molecule has 0 bridgehead atoms. The maximum absolute atomic E-state index is 13.5. The Labute approximate surface area is 152 Å². The SMILES string of the molecule is NC1=N[C@@H](c2ccc(-c3cccc(F)c3)s2)n2c(nc3ccccc32)N1. The van der Waals surface area contributed by atoms with E-state index in [2.05, 4.69) is 15.3 Å². The van der Waals surface area contributed by atoms with Crippen molar-refractivity contribution in [3.8, 4) is 10.4 Å². The number of nitrogens with zero attached hydrogens (tertiary/aromatic N) is 3. The number of aromatic nitrogens is 2. The zero-order chi connectivity index (χ0) is 17.7. The summed E-state index contributed by atoms with van der Waals surface area (Å²) in [5.41, 5.74) is 8.69. The molecule has 2 aromatic carbocycles. The monoisotopic (exact) mass is 363 g/mol. The fraction of sp³-hybridized carbons (Fsp3) is 0.0526. The maximum atomic E-state index is 13.5.